The van der Waals surface area contributed by atoms with E-state index in [1.165, 1.54) is 5.57 Å². The number of carbonyl (C=O) groups excluding carboxylic acids is 1. The molecule has 2 unspecified atom stereocenters. The van der Waals surface area contributed by atoms with Crippen LogP contribution in [0.5, 0.6) is 11.5 Å². The highest BCUT2D eigenvalue weighted by atomic mass is 31.2. The first-order valence-electron chi connectivity index (χ1n) is 14.0. The number of esters is 1. The lowest BCUT2D eigenvalue weighted by atomic mass is 9.73. The van der Waals surface area contributed by atoms with Gasteiger partial charge >= 0.3 is 13.8 Å². The van der Waals surface area contributed by atoms with Crippen LogP contribution in [-0.4, -0.2) is 28.2 Å². The summed E-state index contributed by atoms with van der Waals surface area (Å²) in [6.45, 7) is 15.6. The second-order valence-corrected chi connectivity index (χ2v) is 12.2. The van der Waals surface area contributed by atoms with Gasteiger partial charge in [0.25, 0.3) is 0 Å². The first kappa shape index (κ1) is 32.3. The predicted molar refractivity (Wildman–Crippen MR) is 151 cm³/mol. The molecule has 0 bridgehead atoms. The number of hydrogen-bond acceptors (Lipinski definition) is 6. The Morgan fingerprint density at radius 1 is 1.16 bits per heavy atom. The Hall–Kier alpha value is -1.92. The molecule has 214 valence electrons. The maximum absolute atomic E-state index is 13.5. The van der Waals surface area contributed by atoms with Crippen molar-refractivity contribution in [2.24, 2.45) is 5.92 Å². The van der Waals surface area contributed by atoms with Gasteiger partial charge in [0.05, 0.1) is 6.10 Å². The molecular formula is C30H47O7P. The molecule has 1 aliphatic carbocycles. The first-order chi connectivity index (χ1) is 17.9. The predicted octanol–water partition coefficient (Wildman–Crippen LogP) is 8.15. The molecule has 0 aliphatic heterocycles. The topological polar surface area (TPSA) is 102 Å². The zero-order chi connectivity index (χ0) is 28.5. The van der Waals surface area contributed by atoms with Crippen LogP contribution in [0.2, 0.25) is 0 Å². The molecule has 8 heteroatoms. The zero-order valence-corrected chi connectivity index (χ0v) is 24.9. The second-order valence-electron chi connectivity index (χ2n) is 10.8. The molecule has 0 saturated heterocycles. The smallest absolute Gasteiger partial charge is 0.473 e. The van der Waals surface area contributed by atoms with Crippen molar-refractivity contribution in [2.45, 2.75) is 117 Å². The molecule has 38 heavy (non-hydrogen) atoms. The number of phosphoric acid groups is 1. The molecule has 7 nitrogen and oxygen atoms in total. The highest BCUT2D eigenvalue weighted by Crippen LogP contribution is 2.49. The quantitative estimate of drug-likeness (QED) is 0.0747. The van der Waals surface area contributed by atoms with Gasteiger partial charge in [-0.15, -0.1) is 0 Å². The second kappa shape index (κ2) is 15.0. The van der Waals surface area contributed by atoms with Crippen LogP contribution >= 0.6 is 7.82 Å². The van der Waals surface area contributed by atoms with Crippen molar-refractivity contribution in [1.29, 1.82) is 0 Å². The number of aromatic hydroxyl groups is 1. The minimum Gasteiger partial charge on any atom is -0.507 e. The number of hydrogen-bond donors (Lipinski definition) is 2. The first-order valence-corrected chi connectivity index (χ1v) is 15.5. The van der Waals surface area contributed by atoms with E-state index in [1.54, 1.807) is 26.0 Å². The van der Waals surface area contributed by atoms with Gasteiger partial charge in [0.15, 0.2) is 6.10 Å². The van der Waals surface area contributed by atoms with E-state index in [4.69, 9.17) is 13.8 Å². The fourth-order valence-electron chi connectivity index (χ4n) is 5.02. The highest BCUT2D eigenvalue weighted by Gasteiger charge is 2.35. The molecule has 2 N–H and O–H groups in total. The van der Waals surface area contributed by atoms with Crippen LogP contribution < -0.4 is 4.74 Å². The van der Waals surface area contributed by atoms with Gasteiger partial charge in [-0.3, -0.25) is 9.05 Å². The maximum Gasteiger partial charge on any atom is 0.473 e. The molecule has 4 atom stereocenters. The SMILES string of the molecule is C=C(C)[C@@H]1CCC(C)=C[C@H]1c1c(O)cc(CCC)cc1OC(=O)C(CCCCCC)OP(=O)(O)OC(C)C. The number of allylic oxidation sites excluding steroid dienone is 3. The Morgan fingerprint density at radius 2 is 1.87 bits per heavy atom. The van der Waals surface area contributed by atoms with Crippen LogP contribution in [0.25, 0.3) is 0 Å². The molecule has 0 fully saturated rings. The zero-order valence-electron chi connectivity index (χ0n) is 24.0. The normalized spacial score (nSPS) is 20.1. The third-order valence-corrected chi connectivity index (χ3v) is 8.04. The molecule has 0 spiro atoms. The summed E-state index contributed by atoms with van der Waals surface area (Å²) in [6.07, 6.45) is 7.35. The van der Waals surface area contributed by atoms with Crippen molar-refractivity contribution < 1.29 is 33.1 Å². The average molecular weight is 551 g/mol. The summed E-state index contributed by atoms with van der Waals surface area (Å²) in [5.41, 5.74) is 3.57. The molecule has 0 radical (unpaired) electrons. The van der Waals surface area contributed by atoms with E-state index in [2.05, 4.69) is 26.5 Å². The van der Waals surface area contributed by atoms with Crippen molar-refractivity contribution in [1.82, 2.24) is 0 Å². The summed E-state index contributed by atoms with van der Waals surface area (Å²) in [4.78, 5) is 23.7. The van der Waals surface area contributed by atoms with Crippen LogP contribution in [0, 0.1) is 5.92 Å². The largest absolute Gasteiger partial charge is 0.507 e. The van der Waals surface area contributed by atoms with Crippen molar-refractivity contribution >= 4 is 13.8 Å². The number of phenolic OH excluding ortho intramolecular Hbond substituents is 1. The molecule has 0 heterocycles. The summed E-state index contributed by atoms with van der Waals surface area (Å²) in [5, 5.41) is 11.2. The Bertz CT molecular complexity index is 1030. The van der Waals surface area contributed by atoms with Crippen molar-refractivity contribution in [2.75, 3.05) is 0 Å². The van der Waals surface area contributed by atoms with Gasteiger partial charge in [0.1, 0.15) is 11.5 Å². The van der Waals surface area contributed by atoms with Crippen LogP contribution in [-0.2, 0) is 24.8 Å². The summed E-state index contributed by atoms with van der Waals surface area (Å²) >= 11 is 0. The van der Waals surface area contributed by atoms with Gasteiger partial charge in [-0.1, -0.05) is 69.8 Å². The fourth-order valence-corrected chi connectivity index (χ4v) is 6.12. The third kappa shape index (κ3) is 9.68. The number of ether oxygens (including phenoxy) is 1. The van der Waals surface area contributed by atoms with Gasteiger partial charge in [-0.2, -0.15) is 0 Å². The van der Waals surface area contributed by atoms with E-state index >= 15 is 0 Å². The molecule has 2 rings (SSSR count). The molecule has 0 aromatic heterocycles. The van der Waals surface area contributed by atoms with Crippen LogP contribution in [0.4, 0.5) is 0 Å². The van der Waals surface area contributed by atoms with Crippen molar-refractivity contribution in [3.63, 3.8) is 0 Å². The number of aryl methyl sites for hydroxylation is 1. The van der Waals surface area contributed by atoms with Crippen LogP contribution in [0.15, 0.2) is 35.9 Å². The monoisotopic (exact) mass is 550 g/mol. The lowest BCUT2D eigenvalue weighted by Crippen LogP contribution is -2.29. The summed E-state index contributed by atoms with van der Waals surface area (Å²) in [5.74, 6) is -0.590. The number of phosphoric ester groups is 1. The molecule has 0 saturated carbocycles. The molecule has 1 aromatic rings. The number of unbranched alkanes of at least 4 members (excludes halogenated alkanes) is 3. The number of phenols is 1. The van der Waals surface area contributed by atoms with Crippen LogP contribution in [0.3, 0.4) is 0 Å². The Labute approximate surface area is 228 Å². The Kier molecular flexibility index (Phi) is 12.8. The minimum absolute atomic E-state index is 0.0670. The van der Waals surface area contributed by atoms with E-state index in [0.717, 1.165) is 49.7 Å². The van der Waals surface area contributed by atoms with E-state index in [0.29, 0.717) is 18.4 Å². The van der Waals surface area contributed by atoms with E-state index in [-0.39, 0.29) is 29.8 Å². The molecule has 1 aliphatic rings. The molecular weight excluding hydrogens is 503 g/mol. The lowest BCUT2D eigenvalue weighted by molar-refractivity contribution is -0.143. The minimum atomic E-state index is -4.49. The van der Waals surface area contributed by atoms with Gasteiger partial charge in [-0.25, -0.2) is 9.36 Å². The average Bonchev–Trinajstić information content (AvgIpc) is 2.80. The summed E-state index contributed by atoms with van der Waals surface area (Å²) < 4.78 is 28.9. The van der Waals surface area contributed by atoms with Gasteiger partial charge in [0, 0.05) is 11.5 Å². The Morgan fingerprint density at radius 3 is 2.47 bits per heavy atom. The Balaban J connectivity index is 2.48. The number of rotatable bonds is 15. The van der Waals surface area contributed by atoms with E-state index < -0.39 is 26.0 Å². The standard InChI is InChI=1S/C30H47O7P/c1-8-10-11-12-14-27(37-38(33,34)36-21(5)6)30(32)35-28-19-23(13-9-2)18-26(31)29(28)25-17-22(7)15-16-24(25)20(3)4/h17-19,21,24-25,27,31H,3,8-16H2,1-2,4-7H3,(H,33,34)/t24-,25+,27?/m0/s1. The summed E-state index contributed by atoms with van der Waals surface area (Å²) in [7, 11) is -4.49. The van der Waals surface area contributed by atoms with Crippen molar-refractivity contribution in [3.05, 3.63) is 47.1 Å². The lowest BCUT2D eigenvalue weighted by Gasteiger charge is -2.32. The van der Waals surface area contributed by atoms with E-state index in [1.807, 2.05) is 13.8 Å². The van der Waals surface area contributed by atoms with Gasteiger partial charge < -0.3 is 14.7 Å². The van der Waals surface area contributed by atoms with Gasteiger partial charge in [-0.05, 0) is 77.0 Å². The highest BCUT2D eigenvalue weighted by molar-refractivity contribution is 7.47. The molecule has 1 aromatic carbocycles. The van der Waals surface area contributed by atoms with E-state index in [9.17, 15) is 19.4 Å². The number of carbonyl (C=O) groups is 1. The number of benzene rings is 1. The maximum atomic E-state index is 13.5. The van der Waals surface area contributed by atoms with Crippen molar-refractivity contribution in [3.8, 4) is 11.5 Å². The molecule has 0 amide bonds. The summed E-state index contributed by atoms with van der Waals surface area (Å²) in [6, 6.07) is 3.53. The van der Waals surface area contributed by atoms with Gasteiger partial charge in [0.2, 0.25) is 0 Å². The fraction of sp³-hybridized carbons (Fsp3) is 0.633. The van der Waals surface area contributed by atoms with Crippen LogP contribution in [0.1, 0.15) is 110 Å². The third-order valence-electron chi connectivity index (χ3n) is 6.83.